The number of pyridine rings is 1. The van der Waals surface area contributed by atoms with Gasteiger partial charge in [0.25, 0.3) is 0 Å². The fraction of sp³-hybridized carbons (Fsp3) is 0.273. The molecule has 2 heterocycles. The summed E-state index contributed by atoms with van der Waals surface area (Å²) >= 11 is 0. The summed E-state index contributed by atoms with van der Waals surface area (Å²) in [7, 11) is -3.64. The van der Waals surface area contributed by atoms with Gasteiger partial charge in [-0.1, -0.05) is 36.4 Å². The molecule has 3 aromatic rings. The van der Waals surface area contributed by atoms with Gasteiger partial charge in [0.2, 0.25) is 15.9 Å². The highest BCUT2D eigenvalue weighted by atomic mass is 32.2. The van der Waals surface area contributed by atoms with Gasteiger partial charge in [-0.15, -0.1) is 0 Å². The predicted molar refractivity (Wildman–Crippen MR) is 112 cm³/mol. The van der Waals surface area contributed by atoms with Crippen LogP contribution in [0.1, 0.15) is 18.4 Å². The highest BCUT2D eigenvalue weighted by Crippen LogP contribution is 2.26. The maximum absolute atomic E-state index is 13.2. The number of nitrogens with zero attached hydrogens (tertiary/aromatic N) is 2. The Morgan fingerprint density at radius 2 is 1.93 bits per heavy atom. The second-order valence-electron chi connectivity index (χ2n) is 7.29. The molecule has 0 radical (unpaired) electrons. The minimum atomic E-state index is -3.64. The third-order valence-corrected chi connectivity index (χ3v) is 7.16. The van der Waals surface area contributed by atoms with E-state index in [9.17, 15) is 13.2 Å². The van der Waals surface area contributed by atoms with E-state index < -0.39 is 10.0 Å². The third kappa shape index (κ3) is 4.31. The molecule has 1 aliphatic heterocycles. The van der Waals surface area contributed by atoms with Gasteiger partial charge in [0.05, 0.1) is 10.8 Å². The zero-order valence-corrected chi connectivity index (χ0v) is 16.8. The van der Waals surface area contributed by atoms with Gasteiger partial charge in [0, 0.05) is 32.0 Å². The number of aromatic nitrogens is 1. The number of benzene rings is 2. The van der Waals surface area contributed by atoms with Crippen LogP contribution in [0, 0.1) is 5.92 Å². The molecular weight excluding hydrogens is 386 g/mol. The monoisotopic (exact) mass is 409 g/mol. The second-order valence-corrected chi connectivity index (χ2v) is 9.23. The lowest BCUT2D eigenvalue weighted by Crippen LogP contribution is -2.45. The first-order valence-electron chi connectivity index (χ1n) is 9.69. The zero-order valence-electron chi connectivity index (χ0n) is 16.0. The van der Waals surface area contributed by atoms with Gasteiger partial charge in [-0.3, -0.25) is 9.78 Å². The van der Waals surface area contributed by atoms with E-state index in [-0.39, 0.29) is 23.3 Å². The molecule has 6 nitrogen and oxygen atoms in total. The van der Waals surface area contributed by atoms with Crippen LogP contribution in [-0.4, -0.2) is 36.7 Å². The molecule has 1 aliphatic rings. The van der Waals surface area contributed by atoms with Crippen molar-refractivity contribution in [3.8, 4) is 0 Å². The lowest BCUT2D eigenvalue weighted by atomic mass is 9.99. The Balaban J connectivity index is 1.47. The van der Waals surface area contributed by atoms with Crippen molar-refractivity contribution in [2.75, 3.05) is 13.1 Å². The van der Waals surface area contributed by atoms with Gasteiger partial charge in [-0.2, -0.15) is 4.31 Å². The fourth-order valence-electron chi connectivity index (χ4n) is 3.69. The first kappa shape index (κ1) is 19.5. The maximum Gasteiger partial charge on any atom is 0.243 e. The summed E-state index contributed by atoms with van der Waals surface area (Å²) in [6.07, 6.45) is 4.74. The Bertz CT molecular complexity index is 1120. The summed E-state index contributed by atoms with van der Waals surface area (Å²) in [5.74, 6) is -0.470. The Hall–Kier alpha value is -2.77. The molecule has 1 amide bonds. The minimum Gasteiger partial charge on any atom is -0.352 e. The molecule has 2 aromatic carbocycles. The van der Waals surface area contributed by atoms with Crippen LogP contribution in [0.3, 0.4) is 0 Å². The number of hydrogen-bond acceptors (Lipinski definition) is 4. The molecule has 4 rings (SSSR count). The molecule has 1 fully saturated rings. The summed E-state index contributed by atoms with van der Waals surface area (Å²) in [5, 5.41) is 4.79. The topological polar surface area (TPSA) is 79.4 Å². The zero-order chi connectivity index (χ0) is 20.3. The predicted octanol–water partition coefficient (Wildman–Crippen LogP) is 2.95. The maximum atomic E-state index is 13.2. The second kappa shape index (κ2) is 8.31. The van der Waals surface area contributed by atoms with Crippen molar-refractivity contribution in [2.45, 2.75) is 24.3 Å². The van der Waals surface area contributed by atoms with E-state index in [0.29, 0.717) is 25.9 Å². The molecular formula is C22H23N3O3S. The Morgan fingerprint density at radius 1 is 1.10 bits per heavy atom. The minimum absolute atomic E-state index is 0.118. The van der Waals surface area contributed by atoms with E-state index in [2.05, 4.69) is 10.3 Å². The van der Waals surface area contributed by atoms with E-state index in [4.69, 9.17) is 0 Å². The molecule has 1 N–H and O–H groups in total. The van der Waals surface area contributed by atoms with E-state index in [1.807, 2.05) is 42.5 Å². The molecule has 1 unspecified atom stereocenters. The average Bonchev–Trinajstić information content (AvgIpc) is 2.78. The molecule has 0 aliphatic carbocycles. The molecule has 150 valence electrons. The van der Waals surface area contributed by atoms with Gasteiger partial charge in [-0.05, 0) is 47.4 Å². The smallest absolute Gasteiger partial charge is 0.243 e. The summed E-state index contributed by atoms with van der Waals surface area (Å²) in [5.41, 5.74) is 0.914. The lowest BCUT2D eigenvalue weighted by molar-refractivity contribution is -0.126. The fourth-order valence-corrected chi connectivity index (χ4v) is 5.25. The summed E-state index contributed by atoms with van der Waals surface area (Å²) < 4.78 is 27.8. The van der Waals surface area contributed by atoms with Crippen molar-refractivity contribution in [1.82, 2.24) is 14.6 Å². The standard InChI is InChI=1S/C22H23N3O3S/c26-22(24-15-17-5-3-11-23-14-17)20-8-4-12-25(16-20)29(27,28)21-10-9-18-6-1-2-7-19(18)13-21/h1-3,5-7,9-11,13-14,20H,4,8,12,15-16H2,(H,24,26). The number of piperidine rings is 1. The Morgan fingerprint density at radius 3 is 2.72 bits per heavy atom. The van der Waals surface area contributed by atoms with Gasteiger partial charge < -0.3 is 5.32 Å². The summed E-state index contributed by atoms with van der Waals surface area (Å²) in [6.45, 7) is 1.02. The molecule has 1 atom stereocenters. The summed E-state index contributed by atoms with van der Waals surface area (Å²) in [6, 6.07) is 16.6. The van der Waals surface area contributed by atoms with Crippen molar-refractivity contribution in [3.63, 3.8) is 0 Å². The number of hydrogen-bond donors (Lipinski definition) is 1. The van der Waals surface area contributed by atoms with Crippen LogP contribution >= 0.6 is 0 Å². The van der Waals surface area contributed by atoms with Crippen molar-refractivity contribution in [3.05, 3.63) is 72.6 Å². The first-order chi connectivity index (χ1) is 14.0. The van der Waals surface area contributed by atoms with Gasteiger partial charge >= 0.3 is 0 Å². The average molecular weight is 410 g/mol. The van der Waals surface area contributed by atoms with Gasteiger partial charge in [0.15, 0.2) is 0 Å². The molecule has 0 saturated carbocycles. The van der Waals surface area contributed by atoms with Crippen LogP contribution in [0.5, 0.6) is 0 Å². The largest absolute Gasteiger partial charge is 0.352 e. The highest BCUT2D eigenvalue weighted by molar-refractivity contribution is 7.89. The summed E-state index contributed by atoms with van der Waals surface area (Å²) in [4.78, 5) is 16.9. The molecule has 1 aromatic heterocycles. The van der Waals surface area contributed by atoms with Crippen LogP contribution in [0.4, 0.5) is 0 Å². The van der Waals surface area contributed by atoms with E-state index in [1.165, 1.54) is 4.31 Å². The number of amides is 1. The Kier molecular flexibility index (Phi) is 5.60. The van der Waals surface area contributed by atoms with Crippen molar-refractivity contribution >= 4 is 26.7 Å². The van der Waals surface area contributed by atoms with Crippen molar-refractivity contribution in [2.24, 2.45) is 5.92 Å². The molecule has 7 heteroatoms. The number of carbonyl (C=O) groups is 1. The van der Waals surface area contributed by atoms with Gasteiger partial charge in [-0.25, -0.2) is 8.42 Å². The van der Waals surface area contributed by atoms with E-state index in [0.717, 1.165) is 16.3 Å². The van der Waals surface area contributed by atoms with E-state index >= 15 is 0 Å². The van der Waals surface area contributed by atoms with Crippen LogP contribution in [-0.2, 0) is 21.4 Å². The lowest BCUT2D eigenvalue weighted by Gasteiger charge is -2.31. The van der Waals surface area contributed by atoms with Crippen molar-refractivity contribution < 1.29 is 13.2 Å². The number of fused-ring (bicyclic) bond motifs is 1. The molecule has 29 heavy (non-hydrogen) atoms. The number of sulfonamides is 1. The van der Waals surface area contributed by atoms with Gasteiger partial charge in [0.1, 0.15) is 0 Å². The van der Waals surface area contributed by atoms with Crippen LogP contribution in [0.25, 0.3) is 10.8 Å². The number of carbonyl (C=O) groups excluding carboxylic acids is 1. The molecule has 0 bridgehead atoms. The Labute approximate surface area is 170 Å². The number of rotatable bonds is 5. The van der Waals surface area contributed by atoms with E-state index in [1.54, 1.807) is 24.5 Å². The van der Waals surface area contributed by atoms with Crippen LogP contribution in [0.2, 0.25) is 0 Å². The highest BCUT2D eigenvalue weighted by Gasteiger charge is 2.33. The van der Waals surface area contributed by atoms with Crippen molar-refractivity contribution in [1.29, 1.82) is 0 Å². The third-order valence-electron chi connectivity index (χ3n) is 5.30. The molecule has 0 spiro atoms. The number of nitrogens with one attached hydrogen (secondary N) is 1. The SMILES string of the molecule is O=C(NCc1cccnc1)C1CCCN(S(=O)(=O)c2ccc3ccccc3c2)C1. The normalized spacial score (nSPS) is 17.9. The quantitative estimate of drug-likeness (QED) is 0.703. The first-order valence-corrected chi connectivity index (χ1v) is 11.1. The van der Waals surface area contributed by atoms with Crippen LogP contribution < -0.4 is 5.32 Å². The van der Waals surface area contributed by atoms with Crippen LogP contribution in [0.15, 0.2) is 71.9 Å². The molecule has 1 saturated heterocycles.